The Kier molecular flexibility index (Phi) is 3.98. The van der Waals surface area contributed by atoms with E-state index >= 15 is 0 Å². The van der Waals surface area contributed by atoms with E-state index in [9.17, 15) is 0 Å². The molecule has 4 aromatic rings. The summed E-state index contributed by atoms with van der Waals surface area (Å²) < 4.78 is 11.8. The molecule has 8 heteroatoms. The minimum absolute atomic E-state index is 0.103. The van der Waals surface area contributed by atoms with Gasteiger partial charge in [0.1, 0.15) is 5.75 Å². The maximum Gasteiger partial charge on any atom is 0.247 e. The van der Waals surface area contributed by atoms with Crippen molar-refractivity contribution in [1.82, 2.24) is 19.9 Å². The Labute approximate surface area is 165 Å². The van der Waals surface area contributed by atoms with Crippen molar-refractivity contribution in [3.8, 4) is 28.6 Å². The van der Waals surface area contributed by atoms with E-state index in [1.165, 1.54) is 0 Å². The lowest BCUT2D eigenvalue weighted by Crippen LogP contribution is -2.04. The molecule has 1 aliphatic heterocycles. The highest BCUT2D eigenvalue weighted by Gasteiger charge is 2.22. The zero-order valence-corrected chi connectivity index (χ0v) is 15.7. The predicted molar refractivity (Wildman–Crippen MR) is 107 cm³/mol. The Morgan fingerprint density at radius 2 is 1.89 bits per heavy atom. The number of ether oxygens (including phenoxy) is 2. The fourth-order valence-electron chi connectivity index (χ4n) is 3.02. The van der Waals surface area contributed by atoms with E-state index in [0.29, 0.717) is 29.3 Å². The Hall–Kier alpha value is -3.39. The Balaban J connectivity index is 1.66. The molecule has 0 bridgehead atoms. The van der Waals surface area contributed by atoms with Crippen LogP contribution in [0.4, 0.5) is 5.95 Å². The van der Waals surface area contributed by atoms with E-state index in [1.54, 1.807) is 18.0 Å². The number of para-hydroxylation sites is 2. The van der Waals surface area contributed by atoms with Gasteiger partial charge in [-0.3, -0.25) is 0 Å². The van der Waals surface area contributed by atoms with Crippen LogP contribution in [0.2, 0.25) is 0 Å². The predicted octanol–water partition coefficient (Wildman–Crippen LogP) is 4.32. The van der Waals surface area contributed by atoms with Crippen molar-refractivity contribution >= 4 is 28.9 Å². The summed E-state index contributed by atoms with van der Waals surface area (Å²) in [5.74, 6) is 2.01. The number of benzene rings is 2. The normalized spacial score (nSPS) is 12.2. The summed E-state index contributed by atoms with van der Waals surface area (Å²) in [6.45, 7) is 2.31. The van der Waals surface area contributed by atoms with Crippen LogP contribution in [-0.2, 0) is 0 Å². The van der Waals surface area contributed by atoms with Crippen molar-refractivity contribution < 1.29 is 9.47 Å². The first-order valence-electron chi connectivity index (χ1n) is 8.74. The van der Waals surface area contributed by atoms with Gasteiger partial charge in [0.25, 0.3) is 0 Å². The van der Waals surface area contributed by atoms with Crippen LogP contribution in [0, 0.1) is 0 Å². The molecule has 0 saturated heterocycles. The van der Waals surface area contributed by atoms with Crippen molar-refractivity contribution in [2.75, 3.05) is 12.3 Å². The first-order valence-corrected chi connectivity index (χ1v) is 9.56. The van der Waals surface area contributed by atoms with Gasteiger partial charge in [-0.05, 0) is 31.2 Å². The molecular weight excluding hydrogens is 374 g/mol. The maximum atomic E-state index is 6.20. The van der Waals surface area contributed by atoms with Crippen LogP contribution in [-0.4, -0.2) is 26.5 Å². The molecule has 0 spiro atoms. The van der Waals surface area contributed by atoms with Crippen LogP contribution < -0.4 is 15.2 Å². The fraction of sp³-hybridized carbons (Fsp3) is 0.100. The third-order valence-corrected chi connectivity index (χ3v) is 5.31. The summed E-state index contributed by atoms with van der Waals surface area (Å²) in [7, 11) is 0. The van der Waals surface area contributed by atoms with E-state index in [-0.39, 0.29) is 5.95 Å². The Morgan fingerprint density at radius 3 is 2.79 bits per heavy atom. The summed E-state index contributed by atoms with van der Waals surface area (Å²) in [4.78, 5) is 19.5. The minimum atomic E-state index is 0.103. The molecule has 2 aromatic heterocycles. The third-order valence-electron chi connectivity index (χ3n) is 4.21. The topological polar surface area (TPSA) is 96.0 Å². The van der Waals surface area contributed by atoms with Gasteiger partial charge in [0.15, 0.2) is 16.9 Å². The van der Waals surface area contributed by atoms with Crippen LogP contribution in [0.15, 0.2) is 58.5 Å². The molecule has 7 nitrogen and oxygen atoms in total. The lowest BCUT2D eigenvalue weighted by Gasteiger charge is -2.21. The van der Waals surface area contributed by atoms with Gasteiger partial charge >= 0.3 is 0 Å². The van der Waals surface area contributed by atoms with E-state index in [4.69, 9.17) is 20.2 Å². The van der Waals surface area contributed by atoms with E-state index in [2.05, 4.69) is 15.0 Å². The molecule has 0 aliphatic carbocycles. The highest BCUT2D eigenvalue weighted by atomic mass is 32.2. The van der Waals surface area contributed by atoms with Crippen molar-refractivity contribution in [3.05, 3.63) is 48.7 Å². The van der Waals surface area contributed by atoms with Crippen LogP contribution in [0.3, 0.4) is 0 Å². The van der Waals surface area contributed by atoms with Gasteiger partial charge in [0, 0.05) is 5.56 Å². The first kappa shape index (κ1) is 16.8. The van der Waals surface area contributed by atoms with Gasteiger partial charge in [-0.25, -0.2) is 9.97 Å². The number of nitrogens with zero attached hydrogens (tertiary/aromatic N) is 4. The molecule has 2 N–H and O–H groups in total. The summed E-state index contributed by atoms with van der Waals surface area (Å²) >= 11 is 1.67. The van der Waals surface area contributed by atoms with Gasteiger partial charge in [-0.1, -0.05) is 30.0 Å². The number of hydrogen-bond donors (Lipinski definition) is 1. The summed E-state index contributed by atoms with van der Waals surface area (Å²) in [6, 6.07) is 13.9. The average molecular weight is 389 g/mol. The monoisotopic (exact) mass is 389 g/mol. The zero-order valence-electron chi connectivity index (χ0n) is 14.9. The van der Waals surface area contributed by atoms with Crippen LogP contribution in [0.25, 0.3) is 22.4 Å². The second kappa shape index (κ2) is 6.65. The van der Waals surface area contributed by atoms with Crippen LogP contribution in [0.5, 0.6) is 17.4 Å². The second-order valence-corrected chi connectivity index (χ2v) is 7.11. The molecule has 0 fully saturated rings. The number of hydrogen-bond acceptors (Lipinski definition) is 8. The second-order valence-electron chi connectivity index (χ2n) is 6.03. The summed E-state index contributed by atoms with van der Waals surface area (Å²) in [5, 5.41) is 0. The van der Waals surface area contributed by atoms with Crippen molar-refractivity contribution in [1.29, 1.82) is 0 Å². The third kappa shape index (κ3) is 2.78. The van der Waals surface area contributed by atoms with E-state index < -0.39 is 0 Å². The molecule has 3 heterocycles. The number of aromatic nitrogens is 4. The molecule has 0 amide bonds. The van der Waals surface area contributed by atoms with Crippen molar-refractivity contribution in [2.24, 2.45) is 0 Å². The van der Waals surface area contributed by atoms with Gasteiger partial charge in [0.05, 0.1) is 28.3 Å². The molecular formula is C20H15N5O2S. The molecule has 28 heavy (non-hydrogen) atoms. The molecule has 0 radical (unpaired) electrons. The van der Waals surface area contributed by atoms with Gasteiger partial charge in [0.2, 0.25) is 11.8 Å². The fourth-order valence-corrected chi connectivity index (χ4v) is 4.00. The van der Waals surface area contributed by atoms with E-state index in [0.717, 1.165) is 26.9 Å². The van der Waals surface area contributed by atoms with Gasteiger partial charge < -0.3 is 15.2 Å². The first-order chi connectivity index (χ1) is 13.7. The largest absolute Gasteiger partial charge is 0.476 e. The number of anilines is 1. The van der Waals surface area contributed by atoms with Gasteiger partial charge in [-0.15, -0.1) is 0 Å². The molecule has 2 aromatic carbocycles. The SMILES string of the molecule is CCOc1nc(N)nc2ncc(-c3cccc4c3Oc3ccccc3S4)nc12. The molecule has 5 rings (SSSR count). The molecule has 0 unspecified atom stereocenters. The summed E-state index contributed by atoms with van der Waals surface area (Å²) in [6.07, 6.45) is 1.66. The highest BCUT2D eigenvalue weighted by molar-refractivity contribution is 7.99. The zero-order chi connectivity index (χ0) is 19.1. The van der Waals surface area contributed by atoms with Gasteiger partial charge in [-0.2, -0.15) is 9.97 Å². The standard InChI is InChI=1S/C20H15N5O2S/c1-2-26-19-16-18(24-20(21)25-19)22-10-12(23-16)11-6-5-9-15-17(11)27-13-7-3-4-8-14(13)28-15/h3-10H,2H2,1H3,(H2,21,22,24,25). The number of nitrogen functional groups attached to an aromatic ring is 1. The smallest absolute Gasteiger partial charge is 0.247 e. The maximum absolute atomic E-state index is 6.20. The molecule has 1 aliphatic rings. The molecule has 0 saturated carbocycles. The average Bonchev–Trinajstić information content (AvgIpc) is 2.72. The van der Waals surface area contributed by atoms with Crippen LogP contribution in [0.1, 0.15) is 6.92 Å². The van der Waals surface area contributed by atoms with E-state index in [1.807, 2.05) is 49.4 Å². The van der Waals surface area contributed by atoms with Crippen LogP contribution >= 0.6 is 11.8 Å². The van der Waals surface area contributed by atoms with Crippen molar-refractivity contribution in [3.63, 3.8) is 0 Å². The highest BCUT2D eigenvalue weighted by Crippen LogP contribution is 2.50. The minimum Gasteiger partial charge on any atom is -0.476 e. The lowest BCUT2D eigenvalue weighted by molar-refractivity contribution is 0.330. The van der Waals surface area contributed by atoms with Crippen molar-refractivity contribution in [2.45, 2.75) is 16.7 Å². The Morgan fingerprint density at radius 1 is 1.04 bits per heavy atom. The lowest BCUT2D eigenvalue weighted by atomic mass is 10.1. The molecule has 0 atom stereocenters. The number of rotatable bonds is 3. The Bertz CT molecular complexity index is 1210. The molecule has 138 valence electrons. The number of nitrogens with two attached hydrogens (primary N) is 1. The summed E-state index contributed by atoms with van der Waals surface area (Å²) in [5.41, 5.74) is 8.10. The quantitative estimate of drug-likeness (QED) is 0.487. The number of fused-ring (bicyclic) bond motifs is 3.